The second-order valence-corrected chi connectivity index (χ2v) is 8.98. The number of carbonyl (C=O) groups is 2. The highest BCUT2D eigenvalue weighted by Crippen LogP contribution is 2.26. The van der Waals surface area contributed by atoms with E-state index in [-0.39, 0.29) is 17.9 Å². The summed E-state index contributed by atoms with van der Waals surface area (Å²) in [5.74, 6) is -0.289. The molecule has 6 heteroatoms. The molecule has 0 fully saturated rings. The summed E-state index contributed by atoms with van der Waals surface area (Å²) in [6.07, 6.45) is -0.910. The van der Waals surface area contributed by atoms with Crippen LogP contribution in [0.3, 0.4) is 0 Å². The summed E-state index contributed by atoms with van der Waals surface area (Å²) in [6.45, 7) is 14.8. The van der Waals surface area contributed by atoms with Crippen LogP contribution >= 0.6 is 0 Å². The summed E-state index contributed by atoms with van der Waals surface area (Å²) >= 11 is 0. The molecule has 6 nitrogen and oxygen atoms in total. The molecule has 1 unspecified atom stereocenters. The average Bonchev–Trinajstić information content (AvgIpc) is 2.44. The van der Waals surface area contributed by atoms with E-state index in [1.54, 1.807) is 18.2 Å². The van der Waals surface area contributed by atoms with Gasteiger partial charge in [-0.15, -0.1) is 0 Å². The molecule has 2 amide bonds. The topological polar surface area (TPSA) is 90.5 Å². The van der Waals surface area contributed by atoms with Crippen LogP contribution < -0.4 is 16.0 Å². The number of aliphatic hydroxyl groups is 1. The van der Waals surface area contributed by atoms with Crippen LogP contribution in [-0.2, 0) is 9.59 Å². The molecule has 1 rings (SSSR count). The van der Waals surface area contributed by atoms with Crippen LogP contribution in [0, 0.1) is 10.8 Å². The molecule has 0 aliphatic heterocycles. The Bertz CT molecular complexity index is 609. The molecular formula is C20H33N3O3. The second-order valence-electron chi connectivity index (χ2n) is 8.98. The first kappa shape index (κ1) is 22.1. The third-order valence-corrected chi connectivity index (χ3v) is 3.64. The summed E-state index contributed by atoms with van der Waals surface area (Å²) in [7, 11) is 0. The predicted molar refractivity (Wildman–Crippen MR) is 106 cm³/mol. The van der Waals surface area contributed by atoms with Crippen molar-refractivity contribution in [3.63, 3.8) is 0 Å². The maximum absolute atomic E-state index is 12.3. The van der Waals surface area contributed by atoms with E-state index in [1.807, 2.05) is 55.4 Å². The molecule has 1 aromatic carbocycles. The molecule has 1 aromatic rings. The maximum Gasteiger partial charge on any atom is 0.229 e. The molecule has 0 aliphatic rings. The zero-order valence-electron chi connectivity index (χ0n) is 17.2. The van der Waals surface area contributed by atoms with Crippen molar-refractivity contribution >= 4 is 23.2 Å². The Hall–Kier alpha value is -1.92. The van der Waals surface area contributed by atoms with Gasteiger partial charge in [-0.25, -0.2) is 0 Å². The lowest BCUT2D eigenvalue weighted by atomic mass is 9.95. The van der Waals surface area contributed by atoms with E-state index in [9.17, 15) is 14.7 Å². The molecule has 0 radical (unpaired) electrons. The minimum absolute atomic E-state index is 0.0745. The Kier molecular flexibility index (Phi) is 6.96. The molecule has 0 aromatic heterocycles. The zero-order valence-corrected chi connectivity index (χ0v) is 17.2. The fraction of sp³-hybridized carbons (Fsp3) is 0.600. The van der Waals surface area contributed by atoms with Gasteiger partial charge in [0.15, 0.2) is 0 Å². The Morgan fingerprint density at radius 3 is 1.54 bits per heavy atom. The number of nitrogens with one attached hydrogen (secondary N) is 3. The standard InChI is InChI=1S/C20H33N3O3/c1-12(2)21-16(24)13-9-14(22-17(25)19(3,4)5)11-15(10-13)23-18(26)20(6,7)8/h9-12,16,21,24H,1-8H3,(H,22,25)(H,23,26). The van der Waals surface area contributed by atoms with Crippen LogP contribution in [-0.4, -0.2) is 23.0 Å². The minimum Gasteiger partial charge on any atom is -0.374 e. The van der Waals surface area contributed by atoms with E-state index in [2.05, 4.69) is 16.0 Å². The van der Waals surface area contributed by atoms with Gasteiger partial charge >= 0.3 is 0 Å². The predicted octanol–water partition coefficient (Wildman–Crippen LogP) is 3.64. The third-order valence-electron chi connectivity index (χ3n) is 3.64. The number of aliphatic hydroxyl groups excluding tert-OH is 1. The quantitative estimate of drug-likeness (QED) is 0.601. The first-order chi connectivity index (χ1) is 11.7. The summed E-state index contributed by atoms with van der Waals surface area (Å²) in [4.78, 5) is 24.6. The first-order valence-electron chi connectivity index (χ1n) is 8.92. The van der Waals surface area contributed by atoms with E-state index >= 15 is 0 Å². The lowest BCUT2D eigenvalue weighted by Gasteiger charge is -2.22. The molecule has 0 bridgehead atoms. The molecule has 1 atom stereocenters. The van der Waals surface area contributed by atoms with Crippen LogP contribution in [0.4, 0.5) is 11.4 Å². The van der Waals surface area contributed by atoms with E-state index in [1.165, 1.54) is 0 Å². The molecular weight excluding hydrogens is 330 g/mol. The van der Waals surface area contributed by atoms with Crippen molar-refractivity contribution in [1.82, 2.24) is 5.32 Å². The fourth-order valence-corrected chi connectivity index (χ4v) is 2.00. The highest BCUT2D eigenvalue weighted by Gasteiger charge is 2.24. The van der Waals surface area contributed by atoms with E-state index in [4.69, 9.17) is 0 Å². The molecule has 0 saturated carbocycles. The normalized spacial score (nSPS) is 13.5. The summed E-state index contributed by atoms with van der Waals surface area (Å²) in [5, 5.41) is 19.1. The third kappa shape index (κ3) is 6.77. The van der Waals surface area contributed by atoms with Crippen molar-refractivity contribution in [2.24, 2.45) is 10.8 Å². The monoisotopic (exact) mass is 363 g/mol. The van der Waals surface area contributed by atoms with Gasteiger partial charge in [-0.3, -0.25) is 14.9 Å². The van der Waals surface area contributed by atoms with Crippen LogP contribution in [0.5, 0.6) is 0 Å². The fourth-order valence-electron chi connectivity index (χ4n) is 2.00. The molecule has 146 valence electrons. The van der Waals surface area contributed by atoms with Gasteiger partial charge in [0, 0.05) is 28.2 Å². The lowest BCUT2D eigenvalue weighted by Crippen LogP contribution is -2.30. The Balaban J connectivity index is 3.21. The average molecular weight is 364 g/mol. The SMILES string of the molecule is CC(C)NC(O)c1cc(NC(=O)C(C)(C)C)cc(NC(=O)C(C)(C)C)c1. The molecule has 0 spiro atoms. The minimum atomic E-state index is -0.910. The Labute approximate surface area is 156 Å². The van der Waals surface area contributed by atoms with Gasteiger partial charge in [0.25, 0.3) is 0 Å². The molecule has 0 aliphatic carbocycles. The smallest absolute Gasteiger partial charge is 0.229 e. The van der Waals surface area contributed by atoms with Crippen molar-refractivity contribution in [3.8, 4) is 0 Å². The lowest BCUT2D eigenvalue weighted by molar-refractivity contribution is -0.123. The van der Waals surface area contributed by atoms with Gasteiger partial charge in [0.2, 0.25) is 11.8 Å². The van der Waals surface area contributed by atoms with Gasteiger partial charge in [0.05, 0.1) is 0 Å². The van der Waals surface area contributed by atoms with Crippen molar-refractivity contribution in [1.29, 1.82) is 0 Å². The number of amides is 2. The summed E-state index contributed by atoms with van der Waals surface area (Å²) < 4.78 is 0. The number of benzene rings is 1. The number of hydrogen-bond donors (Lipinski definition) is 4. The van der Waals surface area contributed by atoms with Crippen LogP contribution in [0.2, 0.25) is 0 Å². The molecule has 4 N–H and O–H groups in total. The van der Waals surface area contributed by atoms with Crippen LogP contribution in [0.1, 0.15) is 67.2 Å². The van der Waals surface area contributed by atoms with Gasteiger partial charge in [-0.2, -0.15) is 0 Å². The van der Waals surface area contributed by atoms with Crippen molar-refractivity contribution in [2.75, 3.05) is 10.6 Å². The van der Waals surface area contributed by atoms with Gasteiger partial charge in [-0.1, -0.05) is 41.5 Å². The van der Waals surface area contributed by atoms with E-state index < -0.39 is 17.1 Å². The molecule has 26 heavy (non-hydrogen) atoms. The van der Waals surface area contributed by atoms with Crippen molar-refractivity contribution in [3.05, 3.63) is 23.8 Å². The number of carbonyl (C=O) groups excluding carboxylic acids is 2. The van der Waals surface area contributed by atoms with Gasteiger partial charge in [-0.05, 0) is 37.6 Å². The highest BCUT2D eigenvalue weighted by atomic mass is 16.3. The maximum atomic E-state index is 12.3. The van der Waals surface area contributed by atoms with Crippen LogP contribution in [0.25, 0.3) is 0 Å². The first-order valence-corrected chi connectivity index (χ1v) is 8.92. The molecule has 0 heterocycles. The summed E-state index contributed by atoms with van der Waals surface area (Å²) in [5.41, 5.74) is 0.501. The van der Waals surface area contributed by atoms with Gasteiger partial charge in [0.1, 0.15) is 6.23 Å². The number of hydrogen-bond acceptors (Lipinski definition) is 4. The van der Waals surface area contributed by atoms with Crippen LogP contribution in [0.15, 0.2) is 18.2 Å². The zero-order chi connectivity index (χ0) is 20.3. The highest BCUT2D eigenvalue weighted by molar-refractivity contribution is 5.97. The number of anilines is 2. The van der Waals surface area contributed by atoms with Crippen molar-refractivity contribution < 1.29 is 14.7 Å². The number of rotatable bonds is 5. The van der Waals surface area contributed by atoms with Gasteiger partial charge < -0.3 is 15.7 Å². The van der Waals surface area contributed by atoms with E-state index in [0.29, 0.717) is 16.9 Å². The Morgan fingerprint density at radius 1 is 0.846 bits per heavy atom. The van der Waals surface area contributed by atoms with Crippen molar-refractivity contribution in [2.45, 2.75) is 67.7 Å². The molecule has 0 saturated heterocycles. The van der Waals surface area contributed by atoms with E-state index in [0.717, 1.165) is 0 Å². The Morgan fingerprint density at radius 2 is 1.23 bits per heavy atom. The summed E-state index contributed by atoms with van der Waals surface area (Å²) in [6, 6.07) is 5.18. The largest absolute Gasteiger partial charge is 0.374 e. The second kappa shape index (κ2) is 8.18.